The number of hydrogen-bond donors (Lipinski definition) is 1. The molecule has 0 amide bonds. The monoisotopic (exact) mass is 589 g/mol. The Kier molecular flexibility index (Phi) is 6.30. The second kappa shape index (κ2) is 9.09. The number of carbonyl (C=O) groups is 1. The van der Waals surface area contributed by atoms with Crippen molar-refractivity contribution in [2.45, 2.75) is 23.2 Å². The molecule has 1 aromatic heterocycles. The normalized spacial score (nSPS) is 28.2. The Morgan fingerprint density at radius 2 is 1.76 bits per heavy atom. The van der Waals surface area contributed by atoms with Crippen LogP contribution in [-0.2, 0) is 35.0 Å². The molecule has 0 unspecified atom stereocenters. The average Bonchev–Trinajstić information content (AvgIpc) is 3.26. The number of esters is 1. The van der Waals surface area contributed by atoms with Crippen LogP contribution in [0.1, 0.15) is 22.6 Å². The summed E-state index contributed by atoms with van der Waals surface area (Å²) in [5.41, 5.74) is -2.74. The smallest absolute Gasteiger partial charge is 0.312 e. The van der Waals surface area contributed by atoms with Gasteiger partial charge in [-0.05, 0) is 23.3 Å². The summed E-state index contributed by atoms with van der Waals surface area (Å²) in [5.74, 6) is -2.67. The molecule has 1 aliphatic carbocycles. The number of hydrogen-bond acceptors (Lipinski definition) is 9. The first kappa shape index (κ1) is 25.7. The molecule has 1 N–H and O–H groups in total. The molecule has 0 spiro atoms. The zero-order valence-corrected chi connectivity index (χ0v) is 22.5. The van der Waals surface area contributed by atoms with E-state index in [-0.39, 0.29) is 17.1 Å². The quantitative estimate of drug-likeness (QED) is 0.341. The van der Waals surface area contributed by atoms with E-state index < -0.39 is 45.2 Å². The van der Waals surface area contributed by atoms with Crippen molar-refractivity contribution >= 4 is 32.0 Å². The molecular weight excluding hydrogens is 566 g/mol. The number of methoxy groups -OCH3 is 2. The first-order chi connectivity index (χ1) is 17.6. The van der Waals surface area contributed by atoms with Gasteiger partial charge in [0.2, 0.25) is 0 Å². The van der Waals surface area contributed by atoms with Gasteiger partial charge in [-0.15, -0.1) is 0 Å². The molecular formula is C26H24BrNO8S. The third-order valence-corrected chi connectivity index (χ3v) is 8.12. The van der Waals surface area contributed by atoms with E-state index in [9.17, 15) is 18.3 Å². The molecule has 2 aromatic carbocycles. The molecule has 3 aromatic rings. The summed E-state index contributed by atoms with van der Waals surface area (Å²) in [4.78, 5) is 17.6. The maximum atomic E-state index is 13.4. The molecule has 5 atom stereocenters. The molecule has 0 bridgehead atoms. The van der Waals surface area contributed by atoms with Crippen molar-refractivity contribution in [1.82, 2.24) is 4.98 Å². The maximum absolute atomic E-state index is 13.4. The van der Waals surface area contributed by atoms with Crippen molar-refractivity contribution in [3.8, 4) is 11.5 Å². The largest absolute Gasteiger partial charge is 0.495 e. The molecule has 0 saturated heterocycles. The predicted octanol–water partition coefficient (Wildman–Crippen LogP) is 3.26. The number of aliphatic hydroxyl groups is 1. The van der Waals surface area contributed by atoms with Crippen molar-refractivity contribution in [3.05, 3.63) is 88.2 Å². The van der Waals surface area contributed by atoms with Gasteiger partial charge in [0, 0.05) is 10.4 Å². The zero-order valence-electron chi connectivity index (χ0n) is 20.1. The topological polar surface area (TPSA) is 121 Å². The Hall–Kier alpha value is -2.99. The highest BCUT2D eigenvalue weighted by molar-refractivity contribution is 9.10. The van der Waals surface area contributed by atoms with E-state index in [0.29, 0.717) is 11.1 Å². The van der Waals surface area contributed by atoms with Gasteiger partial charge in [-0.3, -0.25) is 14.0 Å². The SMILES string of the molecule is COC(=O)[C@H]1[C@@H](OS(C)(=O)=O)[C@@]2(O)c3c(OC)cncc3O[C@@]2(c2ccc(Br)cc2)[C@@H]1c1ccccc1. The summed E-state index contributed by atoms with van der Waals surface area (Å²) in [5, 5.41) is 12.9. The minimum absolute atomic E-state index is 0.133. The van der Waals surface area contributed by atoms with E-state index in [0.717, 1.165) is 10.7 Å². The molecule has 2 heterocycles. The van der Waals surface area contributed by atoms with E-state index in [1.54, 1.807) is 48.5 Å². The van der Waals surface area contributed by atoms with Gasteiger partial charge in [-0.1, -0.05) is 58.4 Å². The second-order valence-corrected chi connectivity index (χ2v) is 11.5. The fraction of sp³-hybridized carbons (Fsp3) is 0.308. The zero-order chi connectivity index (χ0) is 26.6. The van der Waals surface area contributed by atoms with E-state index in [2.05, 4.69) is 20.9 Å². The molecule has 1 aliphatic heterocycles. The van der Waals surface area contributed by atoms with Crippen molar-refractivity contribution in [2.75, 3.05) is 20.5 Å². The fourth-order valence-corrected chi connectivity index (χ4v) is 6.68. The Bertz CT molecular complexity index is 1450. The number of benzene rings is 2. The molecule has 1 fully saturated rings. The molecule has 9 nitrogen and oxygen atoms in total. The van der Waals surface area contributed by atoms with Gasteiger partial charge in [-0.2, -0.15) is 8.42 Å². The molecule has 11 heteroatoms. The van der Waals surface area contributed by atoms with E-state index >= 15 is 0 Å². The average molecular weight is 590 g/mol. The molecule has 0 radical (unpaired) electrons. The van der Waals surface area contributed by atoms with Crippen LogP contribution in [0.2, 0.25) is 0 Å². The fourth-order valence-electron chi connectivity index (χ4n) is 5.78. The van der Waals surface area contributed by atoms with E-state index in [1.807, 2.05) is 6.07 Å². The van der Waals surface area contributed by atoms with Crippen LogP contribution in [-0.4, -0.2) is 51.1 Å². The number of rotatable bonds is 6. The van der Waals surface area contributed by atoms with Crippen LogP contribution in [0.15, 0.2) is 71.5 Å². The maximum Gasteiger partial charge on any atom is 0.312 e. The molecule has 5 rings (SSSR count). The number of aromatic nitrogens is 1. The lowest BCUT2D eigenvalue weighted by atomic mass is 9.70. The summed E-state index contributed by atoms with van der Waals surface area (Å²) in [6.07, 6.45) is 2.03. The van der Waals surface area contributed by atoms with Gasteiger partial charge in [0.15, 0.2) is 11.2 Å². The summed E-state index contributed by atoms with van der Waals surface area (Å²) in [6, 6.07) is 16.0. The van der Waals surface area contributed by atoms with Crippen molar-refractivity contribution in [2.24, 2.45) is 5.92 Å². The summed E-state index contributed by atoms with van der Waals surface area (Å²) in [6.45, 7) is 0. The van der Waals surface area contributed by atoms with Gasteiger partial charge in [0.1, 0.15) is 17.6 Å². The Morgan fingerprint density at radius 3 is 2.35 bits per heavy atom. The molecule has 194 valence electrons. The lowest BCUT2D eigenvalue weighted by Gasteiger charge is -2.41. The minimum Gasteiger partial charge on any atom is -0.495 e. The summed E-state index contributed by atoms with van der Waals surface area (Å²) >= 11 is 3.44. The van der Waals surface area contributed by atoms with E-state index in [1.165, 1.54) is 26.6 Å². The van der Waals surface area contributed by atoms with Crippen LogP contribution in [0, 0.1) is 5.92 Å². The van der Waals surface area contributed by atoms with Crippen molar-refractivity contribution < 1.29 is 36.7 Å². The lowest BCUT2D eigenvalue weighted by Crippen LogP contribution is -2.53. The third-order valence-electron chi connectivity index (χ3n) is 7.03. The number of fused-ring (bicyclic) bond motifs is 3. The van der Waals surface area contributed by atoms with Crippen LogP contribution >= 0.6 is 15.9 Å². The molecule has 37 heavy (non-hydrogen) atoms. The van der Waals surface area contributed by atoms with E-state index in [4.69, 9.17) is 18.4 Å². The van der Waals surface area contributed by atoms with Crippen LogP contribution in [0.4, 0.5) is 0 Å². The Morgan fingerprint density at radius 1 is 1.08 bits per heavy atom. The Balaban J connectivity index is 1.94. The molecule has 1 saturated carbocycles. The van der Waals surface area contributed by atoms with Crippen LogP contribution in [0.5, 0.6) is 11.5 Å². The number of ether oxygens (including phenoxy) is 3. The van der Waals surface area contributed by atoms with Gasteiger partial charge < -0.3 is 19.3 Å². The van der Waals surface area contributed by atoms with Crippen molar-refractivity contribution in [3.63, 3.8) is 0 Å². The first-order valence-corrected chi connectivity index (χ1v) is 13.9. The number of halogens is 1. The minimum atomic E-state index is -4.19. The van der Waals surface area contributed by atoms with Crippen LogP contribution in [0.25, 0.3) is 0 Å². The van der Waals surface area contributed by atoms with Gasteiger partial charge >= 0.3 is 5.97 Å². The molecule has 2 aliphatic rings. The van der Waals surface area contributed by atoms with Crippen LogP contribution in [0.3, 0.4) is 0 Å². The third kappa shape index (κ3) is 3.75. The Labute approximate surface area is 222 Å². The van der Waals surface area contributed by atoms with Gasteiger partial charge in [0.25, 0.3) is 10.1 Å². The van der Waals surface area contributed by atoms with Gasteiger partial charge in [0.05, 0.1) is 44.4 Å². The summed E-state index contributed by atoms with van der Waals surface area (Å²) in [7, 11) is -1.59. The highest BCUT2D eigenvalue weighted by atomic mass is 79.9. The lowest BCUT2D eigenvalue weighted by molar-refractivity contribution is -0.155. The standard InChI is InChI=1S/C26H24BrNO8S/c1-33-18-13-28-14-19-22(18)25(30)23(36-37(3,31)32)20(24(29)34-2)21(15-7-5-4-6-8-15)26(25,35-19)16-9-11-17(27)12-10-16/h4-14,20-21,23,30H,1-3H3/t20-,21-,23-,25+,26+/m1/s1. The highest BCUT2D eigenvalue weighted by Crippen LogP contribution is 2.70. The predicted molar refractivity (Wildman–Crippen MR) is 136 cm³/mol. The van der Waals surface area contributed by atoms with Crippen LogP contribution < -0.4 is 9.47 Å². The highest BCUT2D eigenvalue weighted by Gasteiger charge is 2.79. The number of nitrogens with zero attached hydrogens (tertiary/aromatic N) is 1. The summed E-state index contributed by atoms with van der Waals surface area (Å²) < 4.78 is 48.9. The number of pyridine rings is 1. The van der Waals surface area contributed by atoms with Gasteiger partial charge in [-0.25, -0.2) is 0 Å². The second-order valence-electron chi connectivity index (χ2n) is 8.98. The number of carbonyl (C=O) groups excluding carboxylic acids is 1. The van der Waals surface area contributed by atoms with Crippen molar-refractivity contribution in [1.29, 1.82) is 0 Å². The first-order valence-electron chi connectivity index (χ1n) is 11.3.